The fourth-order valence-corrected chi connectivity index (χ4v) is 3.30. The zero-order valence-corrected chi connectivity index (χ0v) is 15.7. The first-order valence-electron chi connectivity index (χ1n) is 7.18. The van der Waals surface area contributed by atoms with Gasteiger partial charge in [-0.2, -0.15) is 0 Å². The average Bonchev–Trinajstić information content (AvgIpc) is 2.79. The topological polar surface area (TPSA) is 50.4 Å². The van der Waals surface area contributed by atoms with E-state index in [2.05, 4.69) is 51.9 Å². The van der Waals surface area contributed by atoms with E-state index in [1.54, 1.807) is 11.3 Å². The molecule has 0 aliphatic carbocycles. The van der Waals surface area contributed by atoms with Crippen molar-refractivity contribution in [1.82, 2.24) is 10.6 Å². The number of nitrogens with one attached hydrogen (secondary N) is 2. The van der Waals surface area contributed by atoms with Crippen LogP contribution in [0.2, 0.25) is 0 Å². The molecule has 0 saturated heterocycles. The summed E-state index contributed by atoms with van der Waals surface area (Å²) < 4.78 is 6.35. The van der Waals surface area contributed by atoms with E-state index in [0.717, 1.165) is 10.9 Å². The first-order chi connectivity index (χ1) is 9.71. The number of rotatable bonds is 6. The van der Waals surface area contributed by atoms with Crippen LogP contribution in [0, 0.1) is 0 Å². The van der Waals surface area contributed by atoms with Gasteiger partial charge in [0.2, 0.25) is 0 Å². The van der Waals surface area contributed by atoms with E-state index in [-0.39, 0.29) is 18.2 Å². The average molecular weight is 377 g/mol. The molecule has 1 aromatic rings. The number of carbonyl (C=O) groups is 1. The second-order valence-electron chi connectivity index (χ2n) is 6.04. The van der Waals surface area contributed by atoms with Gasteiger partial charge in [-0.25, -0.2) is 4.79 Å². The van der Waals surface area contributed by atoms with Crippen molar-refractivity contribution in [3.8, 4) is 0 Å². The molecule has 0 spiro atoms. The number of hydrogen-bond acceptors (Lipinski definition) is 4. The monoisotopic (exact) mass is 376 g/mol. The molecule has 0 aromatic carbocycles. The largest absolute Gasteiger partial charge is 0.444 e. The van der Waals surface area contributed by atoms with Gasteiger partial charge in [0.05, 0.1) is 0 Å². The van der Waals surface area contributed by atoms with Crippen LogP contribution in [-0.2, 0) is 4.74 Å². The third kappa shape index (κ3) is 7.29. The maximum absolute atomic E-state index is 11.7. The minimum absolute atomic E-state index is 0.216. The highest BCUT2D eigenvalue weighted by Gasteiger charge is 2.18. The fourth-order valence-electron chi connectivity index (χ4n) is 1.83. The van der Waals surface area contributed by atoms with Crippen LogP contribution < -0.4 is 10.6 Å². The van der Waals surface area contributed by atoms with Crippen LogP contribution in [0.1, 0.15) is 52.0 Å². The van der Waals surface area contributed by atoms with Crippen molar-refractivity contribution < 1.29 is 9.53 Å². The highest BCUT2D eigenvalue weighted by atomic mass is 79.9. The Morgan fingerprint density at radius 3 is 2.62 bits per heavy atom. The van der Waals surface area contributed by atoms with Crippen molar-refractivity contribution in [2.24, 2.45) is 0 Å². The molecule has 4 nitrogen and oxygen atoms in total. The summed E-state index contributed by atoms with van der Waals surface area (Å²) in [5.41, 5.74) is -0.463. The van der Waals surface area contributed by atoms with Gasteiger partial charge in [0.25, 0.3) is 0 Å². The Morgan fingerprint density at radius 2 is 2.14 bits per heavy atom. The van der Waals surface area contributed by atoms with E-state index >= 15 is 0 Å². The maximum Gasteiger partial charge on any atom is 0.407 e. The van der Waals surface area contributed by atoms with Crippen LogP contribution in [0.25, 0.3) is 0 Å². The van der Waals surface area contributed by atoms with Crippen LogP contribution >= 0.6 is 27.3 Å². The van der Waals surface area contributed by atoms with Gasteiger partial charge in [-0.3, -0.25) is 0 Å². The Balaban J connectivity index is 2.43. The summed E-state index contributed by atoms with van der Waals surface area (Å²) in [7, 11) is 0. The molecule has 120 valence electrons. The van der Waals surface area contributed by atoms with Gasteiger partial charge < -0.3 is 15.4 Å². The quantitative estimate of drug-likeness (QED) is 0.769. The molecule has 0 aliphatic rings. The highest BCUT2D eigenvalue weighted by Crippen LogP contribution is 2.25. The van der Waals surface area contributed by atoms with Gasteiger partial charge in [0, 0.05) is 33.4 Å². The maximum atomic E-state index is 11.7. The molecule has 21 heavy (non-hydrogen) atoms. The van der Waals surface area contributed by atoms with Crippen molar-refractivity contribution in [3.63, 3.8) is 0 Å². The van der Waals surface area contributed by atoms with Crippen LogP contribution in [0.3, 0.4) is 0 Å². The minimum atomic E-state index is -0.463. The zero-order valence-electron chi connectivity index (χ0n) is 13.3. The molecule has 1 aromatic heterocycles. The number of hydrogen-bond donors (Lipinski definition) is 2. The summed E-state index contributed by atoms with van der Waals surface area (Å²) in [5, 5.41) is 8.43. The van der Waals surface area contributed by atoms with Gasteiger partial charge in [-0.1, -0.05) is 6.92 Å². The SMILES string of the molecule is CCC(CNC(=O)OC(C)(C)C)NC(C)c1cc(Br)cs1. The summed E-state index contributed by atoms with van der Waals surface area (Å²) in [6, 6.07) is 2.59. The zero-order chi connectivity index (χ0) is 16.0. The lowest BCUT2D eigenvalue weighted by atomic mass is 10.1. The van der Waals surface area contributed by atoms with E-state index in [9.17, 15) is 4.79 Å². The molecule has 2 atom stereocenters. The molecule has 1 heterocycles. The Bertz CT molecular complexity index is 457. The van der Waals surface area contributed by atoms with Crippen molar-refractivity contribution in [1.29, 1.82) is 0 Å². The molecule has 1 rings (SSSR count). The molecule has 0 fully saturated rings. The third-order valence-electron chi connectivity index (χ3n) is 2.88. The lowest BCUT2D eigenvalue weighted by Gasteiger charge is -2.24. The molecule has 0 aliphatic heterocycles. The second-order valence-corrected chi connectivity index (χ2v) is 7.90. The van der Waals surface area contributed by atoms with E-state index < -0.39 is 5.60 Å². The lowest BCUT2D eigenvalue weighted by Crippen LogP contribution is -2.43. The van der Waals surface area contributed by atoms with Gasteiger partial charge >= 0.3 is 6.09 Å². The Kier molecular flexibility index (Phi) is 7.16. The number of ether oxygens (including phenoxy) is 1. The first kappa shape index (κ1) is 18.5. The van der Waals surface area contributed by atoms with Crippen LogP contribution in [0.4, 0.5) is 4.79 Å². The van der Waals surface area contributed by atoms with E-state index in [4.69, 9.17) is 4.74 Å². The standard InChI is InChI=1S/C15H25BrN2O2S/c1-6-12(8-17-14(19)20-15(3,4)5)18-10(2)13-7-11(16)9-21-13/h7,9-10,12,18H,6,8H2,1-5H3,(H,17,19). The van der Waals surface area contributed by atoms with Crippen molar-refractivity contribution >= 4 is 33.4 Å². The van der Waals surface area contributed by atoms with Crippen LogP contribution in [0.5, 0.6) is 0 Å². The molecular weight excluding hydrogens is 352 g/mol. The number of carbonyl (C=O) groups excluding carboxylic acids is 1. The number of halogens is 1. The molecular formula is C15H25BrN2O2S. The number of thiophene rings is 1. The normalized spacial score (nSPS) is 14.6. The lowest BCUT2D eigenvalue weighted by molar-refractivity contribution is 0.0521. The van der Waals surface area contributed by atoms with Gasteiger partial charge in [-0.15, -0.1) is 11.3 Å². The van der Waals surface area contributed by atoms with E-state index in [1.807, 2.05) is 20.8 Å². The molecule has 1 amide bonds. The van der Waals surface area contributed by atoms with E-state index in [0.29, 0.717) is 6.54 Å². The Labute approximate surface area is 139 Å². The molecule has 0 bridgehead atoms. The number of amides is 1. The molecule has 2 unspecified atom stereocenters. The molecule has 0 radical (unpaired) electrons. The Hall–Kier alpha value is -0.590. The van der Waals surface area contributed by atoms with E-state index in [1.165, 1.54) is 4.88 Å². The number of alkyl carbamates (subject to hydrolysis) is 1. The van der Waals surface area contributed by atoms with Crippen LogP contribution in [0.15, 0.2) is 15.9 Å². The van der Waals surface area contributed by atoms with Crippen molar-refractivity contribution in [2.75, 3.05) is 6.54 Å². The second kappa shape index (κ2) is 8.15. The molecule has 2 N–H and O–H groups in total. The molecule has 6 heteroatoms. The van der Waals surface area contributed by atoms with Gasteiger partial charge in [0.15, 0.2) is 0 Å². The summed E-state index contributed by atoms with van der Waals surface area (Å²) in [6.07, 6.45) is 0.571. The smallest absolute Gasteiger partial charge is 0.407 e. The predicted molar refractivity (Wildman–Crippen MR) is 91.9 cm³/mol. The van der Waals surface area contributed by atoms with Crippen molar-refractivity contribution in [3.05, 3.63) is 20.8 Å². The Morgan fingerprint density at radius 1 is 1.48 bits per heavy atom. The predicted octanol–water partition coefficient (Wildman–Crippen LogP) is 4.46. The molecule has 0 saturated carbocycles. The highest BCUT2D eigenvalue weighted by molar-refractivity contribution is 9.10. The summed E-state index contributed by atoms with van der Waals surface area (Å²) in [4.78, 5) is 12.9. The van der Waals surface area contributed by atoms with Crippen molar-refractivity contribution in [2.45, 2.75) is 58.7 Å². The summed E-state index contributed by atoms with van der Waals surface area (Å²) in [5.74, 6) is 0. The summed E-state index contributed by atoms with van der Waals surface area (Å²) in [6.45, 7) is 10.4. The van der Waals surface area contributed by atoms with Gasteiger partial charge in [-0.05, 0) is 56.1 Å². The summed E-state index contributed by atoms with van der Waals surface area (Å²) >= 11 is 5.19. The minimum Gasteiger partial charge on any atom is -0.444 e. The van der Waals surface area contributed by atoms with Crippen LogP contribution in [-0.4, -0.2) is 24.3 Å². The fraction of sp³-hybridized carbons (Fsp3) is 0.667. The van der Waals surface area contributed by atoms with Gasteiger partial charge in [0.1, 0.15) is 5.60 Å². The third-order valence-corrected chi connectivity index (χ3v) is 4.76. The first-order valence-corrected chi connectivity index (χ1v) is 8.85.